The minimum Gasteiger partial charge on any atom is -0.479 e. The van der Waals surface area contributed by atoms with E-state index in [1.165, 1.54) is 96.3 Å². The molecule has 12 nitrogen and oxygen atoms in total. The maximum atomic E-state index is 13.1. The van der Waals surface area contributed by atoms with Crippen LogP contribution in [0.1, 0.15) is 265 Å². The van der Waals surface area contributed by atoms with Crippen LogP contribution >= 0.6 is 0 Å². The lowest BCUT2D eigenvalue weighted by Gasteiger charge is -2.40. The number of unbranched alkanes of at least 4 members (excludes halogenated alkanes) is 28. The van der Waals surface area contributed by atoms with Gasteiger partial charge in [-0.15, -0.1) is 0 Å². The number of ether oxygens (including phenoxy) is 5. The maximum absolute atomic E-state index is 13.1. The van der Waals surface area contributed by atoms with Crippen molar-refractivity contribution in [1.82, 2.24) is 0 Å². The summed E-state index contributed by atoms with van der Waals surface area (Å²) in [7, 11) is 0. The number of hydrogen-bond donors (Lipinski definition) is 3. The smallest absolute Gasteiger partial charge is 0.335 e. The van der Waals surface area contributed by atoms with E-state index >= 15 is 0 Å². The number of aliphatic hydroxyl groups excluding tert-OH is 2. The van der Waals surface area contributed by atoms with Crippen LogP contribution in [-0.4, -0.2) is 89.2 Å². The first-order chi connectivity index (χ1) is 35.6. The molecular formula is C61H106O12. The quantitative estimate of drug-likeness (QED) is 0.0228. The fourth-order valence-electron chi connectivity index (χ4n) is 8.79. The molecule has 1 rings (SSSR count). The number of allylic oxidation sites excluding steroid dienone is 8. The summed E-state index contributed by atoms with van der Waals surface area (Å²) in [6, 6.07) is 0. The highest BCUT2D eigenvalue weighted by Gasteiger charge is 2.50. The van der Waals surface area contributed by atoms with Crippen LogP contribution in [0.4, 0.5) is 0 Å². The Morgan fingerprint density at radius 3 is 1.32 bits per heavy atom. The van der Waals surface area contributed by atoms with Gasteiger partial charge < -0.3 is 39.0 Å². The summed E-state index contributed by atoms with van der Waals surface area (Å²) in [6.45, 7) is 5.90. The summed E-state index contributed by atoms with van der Waals surface area (Å²) < 4.78 is 28.4. The van der Waals surface area contributed by atoms with Gasteiger partial charge in [0.15, 0.2) is 24.6 Å². The van der Waals surface area contributed by atoms with Crippen LogP contribution in [0.25, 0.3) is 0 Å². The highest BCUT2D eigenvalue weighted by atomic mass is 16.7. The minimum absolute atomic E-state index is 0.0450. The van der Waals surface area contributed by atoms with Crippen molar-refractivity contribution in [2.45, 2.75) is 302 Å². The molecule has 3 N–H and O–H groups in total. The lowest BCUT2D eigenvalue weighted by atomic mass is 9.98. The third-order valence-corrected chi connectivity index (χ3v) is 13.4. The zero-order valence-electron chi connectivity index (χ0n) is 46.4. The van der Waals surface area contributed by atoms with Crippen molar-refractivity contribution in [3.8, 4) is 0 Å². The van der Waals surface area contributed by atoms with Crippen LogP contribution < -0.4 is 0 Å². The summed E-state index contributed by atoms with van der Waals surface area (Å²) >= 11 is 0. The van der Waals surface area contributed by atoms with Gasteiger partial charge in [-0.1, -0.05) is 217 Å². The average Bonchev–Trinajstić information content (AvgIpc) is 3.37. The first-order valence-corrected chi connectivity index (χ1v) is 29.6. The Hall–Kier alpha value is -3.32. The van der Waals surface area contributed by atoms with Crippen molar-refractivity contribution in [3.05, 3.63) is 48.6 Å². The van der Waals surface area contributed by atoms with E-state index in [4.69, 9.17) is 23.7 Å². The van der Waals surface area contributed by atoms with E-state index in [-0.39, 0.29) is 25.9 Å². The molecule has 12 heteroatoms. The Balaban J connectivity index is 2.69. The molecule has 0 radical (unpaired) electrons. The Bertz CT molecular complexity index is 1460. The molecule has 0 saturated carbocycles. The molecule has 0 spiro atoms. The molecule has 6 unspecified atom stereocenters. The largest absolute Gasteiger partial charge is 0.479 e. The number of carbonyl (C=O) groups excluding carboxylic acids is 3. The molecule has 0 bridgehead atoms. The second-order valence-electron chi connectivity index (χ2n) is 20.3. The number of esters is 3. The van der Waals surface area contributed by atoms with Gasteiger partial charge in [-0.25, -0.2) is 4.79 Å². The topological polar surface area (TPSA) is 175 Å². The standard InChI is InChI=1S/C61H106O12/c1-4-7-10-13-16-19-22-25-26-27-28-31-32-35-38-41-44-47-53(62)69-50-52(71-54(63)48-45-42-39-36-33-29-23-20-17-14-11-8-5-2)51-70-61-59(57(66)56(65)58(73-61)60(67)68)72-55(64)49-46-43-40-37-34-30-24-21-18-15-12-9-6-3/h12,15-16,19,21,24-26,52,56-59,61,65-66H,4-11,13-14,17-18,20,22-23,27-51H2,1-3H3,(H,67,68)/b15-12-,19-16-,24-21-,26-25-. The van der Waals surface area contributed by atoms with Crippen LogP contribution in [0.15, 0.2) is 48.6 Å². The minimum atomic E-state index is -1.91. The van der Waals surface area contributed by atoms with E-state index in [1.807, 2.05) is 0 Å². The Kier molecular flexibility index (Phi) is 45.9. The molecule has 1 fully saturated rings. The predicted octanol–water partition coefficient (Wildman–Crippen LogP) is 15.0. The number of hydrogen-bond acceptors (Lipinski definition) is 11. The lowest BCUT2D eigenvalue weighted by molar-refractivity contribution is -0.301. The van der Waals surface area contributed by atoms with Crippen molar-refractivity contribution in [2.75, 3.05) is 13.2 Å². The second kappa shape index (κ2) is 49.6. The Labute approximate surface area is 443 Å². The van der Waals surface area contributed by atoms with Gasteiger partial charge in [0.1, 0.15) is 18.8 Å². The van der Waals surface area contributed by atoms with Gasteiger partial charge in [-0.2, -0.15) is 0 Å². The zero-order chi connectivity index (χ0) is 53.3. The van der Waals surface area contributed by atoms with E-state index in [0.717, 1.165) is 109 Å². The summed E-state index contributed by atoms with van der Waals surface area (Å²) in [4.78, 5) is 51.1. The predicted molar refractivity (Wildman–Crippen MR) is 294 cm³/mol. The van der Waals surface area contributed by atoms with Crippen LogP contribution in [-0.2, 0) is 42.9 Å². The molecule has 1 saturated heterocycles. The lowest BCUT2D eigenvalue weighted by Crippen LogP contribution is -2.61. The van der Waals surface area contributed by atoms with Gasteiger partial charge in [0.25, 0.3) is 0 Å². The van der Waals surface area contributed by atoms with E-state index in [2.05, 4.69) is 69.4 Å². The van der Waals surface area contributed by atoms with Crippen molar-refractivity contribution in [2.24, 2.45) is 0 Å². The van der Waals surface area contributed by atoms with Gasteiger partial charge in [0, 0.05) is 19.3 Å². The van der Waals surface area contributed by atoms with Crippen molar-refractivity contribution >= 4 is 23.9 Å². The van der Waals surface area contributed by atoms with E-state index in [9.17, 15) is 34.5 Å². The first kappa shape index (κ1) is 67.7. The first-order valence-electron chi connectivity index (χ1n) is 29.6. The van der Waals surface area contributed by atoms with Crippen molar-refractivity contribution in [3.63, 3.8) is 0 Å². The van der Waals surface area contributed by atoms with E-state index in [1.54, 1.807) is 0 Å². The number of aliphatic carboxylic acids is 1. The molecule has 1 heterocycles. The Morgan fingerprint density at radius 1 is 0.452 bits per heavy atom. The highest BCUT2D eigenvalue weighted by molar-refractivity contribution is 5.74. The molecule has 0 aromatic carbocycles. The number of carboxylic acid groups (broad SMARTS) is 1. The van der Waals surface area contributed by atoms with Gasteiger partial charge in [0.2, 0.25) is 0 Å². The van der Waals surface area contributed by atoms with Crippen LogP contribution in [0.5, 0.6) is 0 Å². The van der Waals surface area contributed by atoms with Gasteiger partial charge in [-0.3, -0.25) is 14.4 Å². The normalized spacial score (nSPS) is 18.6. The third kappa shape index (κ3) is 39.7. The van der Waals surface area contributed by atoms with Crippen molar-refractivity contribution < 1.29 is 58.2 Å². The molecule has 1 aliphatic rings. The average molecular weight is 1030 g/mol. The van der Waals surface area contributed by atoms with E-state index in [0.29, 0.717) is 19.3 Å². The number of carbonyl (C=O) groups is 4. The summed E-state index contributed by atoms with van der Waals surface area (Å²) in [5.41, 5.74) is 0. The number of aliphatic hydroxyl groups is 2. The monoisotopic (exact) mass is 1030 g/mol. The fraction of sp³-hybridized carbons (Fsp3) is 0.803. The van der Waals surface area contributed by atoms with Crippen LogP contribution in [0.2, 0.25) is 0 Å². The number of carboxylic acids is 1. The summed E-state index contributed by atoms with van der Waals surface area (Å²) in [6.07, 6.45) is 46.5. The van der Waals surface area contributed by atoms with Crippen LogP contribution in [0, 0.1) is 0 Å². The molecule has 6 atom stereocenters. The summed E-state index contributed by atoms with van der Waals surface area (Å²) in [5, 5.41) is 31.4. The Morgan fingerprint density at radius 2 is 0.849 bits per heavy atom. The third-order valence-electron chi connectivity index (χ3n) is 13.4. The molecule has 0 amide bonds. The molecule has 0 aromatic rings. The van der Waals surface area contributed by atoms with Gasteiger partial charge in [0.05, 0.1) is 6.61 Å². The van der Waals surface area contributed by atoms with Gasteiger partial charge in [-0.05, 0) is 77.0 Å². The fourth-order valence-corrected chi connectivity index (χ4v) is 8.79. The zero-order valence-corrected chi connectivity index (χ0v) is 46.4. The van der Waals surface area contributed by atoms with Crippen LogP contribution in [0.3, 0.4) is 0 Å². The van der Waals surface area contributed by atoms with Crippen molar-refractivity contribution in [1.29, 1.82) is 0 Å². The second-order valence-corrected chi connectivity index (χ2v) is 20.3. The molecule has 1 aliphatic heterocycles. The highest BCUT2D eigenvalue weighted by Crippen LogP contribution is 2.26. The molecule has 73 heavy (non-hydrogen) atoms. The SMILES string of the molecule is CCC/C=C\C/C=C\CCCCCCCC(=O)OC1C(OCC(COC(=O)CCCCCCCCC/C=C\C/C=C\CCCCC)OC(=O)CCCCCCCCCCCCCCC)OC(C(=O)O)C(O)C1O. The molecular weight excluding hydrogens is 925 g/mol. The molecule has 0 aliphatic carbocycles. The van der Waals surface area contributed by atoms with Gasteiger partial charge >= 0.3 is 23.9 Å². The molecule has 0 aromatic heterocycles. The molecule has 422 valence electrons. The van der Waals surface area contributed by atoms with E-state index < -0.39 is 67.3 Å². The maximum Gasteiger partial charge on any atom is 0.335 e. The summed E-state index contributed by atoms with van der Waals surface area (Å²) in [5.74, 6) is -3.13. The number of rotatable bonds is 50.